The molecule has 3 atom stereocenters. The summed E-state index contributed by atoms with van der Waals surface area (Å²) in [6.07, 6.45) is 0.934. The third-order valence-electron chi connectivity index (χ3n) is 6.25. The molecule has 2 saturated heterocycles. The van der Waals surface area contributed by atoms with Gasteiger partial charge < -0.3 is 15.1 Å². The number of piperidine rings is 1. The van der Waals surface area contributed by atoms with Crippen molar-refractivity contribution in [2.45, 2.75) is 44.4 Å². The molecule has 2 aliphatic rings. The number of carbonyl (C=O) groups is 1. The fourth-order valence-electron chi connectivity index (χ4n) is 4.52. The number of amides is 1. The molecule has 29 heavy (non-hydrogen) atoms. The molecule has 0 radical (unpaired) electrons. The van der Waals surface area contributed by atoms with E-state index in [1.54, 1.807) is 30.0 Å². The molecule has 2 fully saturated rings. The van der Waals surface area contributed by atoms with Crippen molar-refractivity contribution in [1.29, 1.82) is 0 Å². The standard InChI is InChI=1S/C23H27FN2O3/c1-15-2-3-16(12-20(15)24)13-26-11-9-21(23(26)29)25-10-8-19(22(28)14-25)17-4-6-18(27)7-5-17/h2-7,12,19,21-22,27-28H,8-11,13-14H2,1H3. The van der Waals surface area contributed by atoms with E-state index in [0.717, 1.165) is 30.5 Å². The van der Waals surface area contributed by atoms with Crippen LogP contribution in [0.15, 0.2) is 42.5 Å². The topological polar surface area (TPSA) is 64.0 Å². The number of hydrogen-bond acceptors (Lipinski definition) is 4. The number of likely N-dealkylation sites (tertiary alicyclic amines) is 2. The quantitative estimate of drug-likeness (QED) is 0.831. The van der Waals surface area contributed by atoms with E-state index < -0.39 is 6.10 Å². The fraction of sp³-hybridized carbons (Fsp3) is 0.435. The van der Waals surface area contributed by atoms with Gasteiger partial charge in [0, 0.05) is 25.6 Å². The summed E-state index contributed by atoms with van der Waals surface area (Å²) in [5, 5.41) is 20.2. The zero-order valence-corrected chi connectivity index (χ0v) is 16.6. The van der Waals surface area contributed by atoms with Crippen molar-refractivity contribution in [2.75, 3.05) is 19.6 Å². The lowest BCUT2D eigenvalue weighted by Gasteiger charge is -2.38. The van der Waals surface area contributed by atoms with Crippen LogP contribution in [0.2, 0.25) is 0 Å². The number of aryl methyl sites for hydroxylation is 1. The molecule has 5 nitrogen and oxygen atoms in total. The largest absolute Gasteiger partial charge is 0.508 e. The molecule has 2 aromatic carbocycles. The zero-order valence-electron chi connectivity index (χ0n) is 16.6. The monoisotopic (exact) mass is 398 g/mol. The van der Waals surface area contributed by atoms with Crippen LogP contribution >= 0.6 is 0 Å². The molecule has 0 spiro atoms. The van der Waals surface area contributed by atoms with E-state index in [1.165, 1.54) is 6.07 Å². The highest BCUT2D eigenvalue weighted by molar-refractivity contribution is 5.84. The number of phenols is 1. The van der Waals surface area contributed by atoms with Gasteiger partial charge in [0.15, 0.2) is 0 Å². The van der Waals surface area contributed by atoms with Crippen molar-refractivity contribution in [3.8, 4) is 5.75 Å². The minimum atomic E-state index is -0.554. The maximum atomic E-state index is 13.8. The normalized spacial score (nSPS) is 25.6. The van der Waals surface area contributed by atoms with Crippen LogP contribution in [0.3, 0.4) is 0 Å². The molecule has 2 aromatic rings. The number of β-amino-alcohol motifs (C(OH)–C–C–N with tert-alkyl or cyclic N) is 1. The molecule has 4 rings (SSSR count). The van der Waals surface area contributed by atoms with Crippen molar-refractivity contribution in [3.63, 3.8) is 0 Å². The Balaban J connectivity index is 1.38. The highest BCUT2D eigenvalue weighted by Gasteiger charge is 2.40. The van der Waals surface area contributed by atoms with E-state index in [0.29, 0.717) is 25.2 Å². The highest BCUT2D eigenvalue weighted by Crippen LogP contribution is 2.32. The summed E-state index contributed by atoms with van der Waals surface area (Å²) in [6, 6.07) is 11.9. The maximum absolute atomic E-state index is 13.8. The van der Waals surface area contributed by atoms with Gasteiger partial charge in [0.2, 0.25) is 5.91 Å². The number of hydrogen-bond donors (Lipinski definition) is 2. The Kier molecular flexibility index (Phi) is 5.56. The summed E-state index contributed by atoms with van der Waals surface area (Å²) in [4.78, 5) is 16.8. The summed E-state index contributed by atoms with van der Waals surface area (Å²) in [7, 11) is 0. The molecular weight excluding hydrogens is 371 g/mol. The number of aromatic hydroxyl groups is 1. The number of aliphatic hydroxyl groups is 1. The van der Waals surface area contributed by atoms with Gasteiger partial charge in [-0.3, -0.25) is 9.69 Å². The van der Waals surface area contributed by atoms with Gasteiger partial charge in [-0.15, -0.1) is 0 Å². The first-order valence-electron chi connectivity index (χ1n) is 10.2. The van der Waals surface area contributed by atoms with Crippen LogP contribution in [0.5, 0.6) is 5.75 Å². The predicted octanol–water partition coefficient (Wildman–Crippen LogP) is 2.79. The Labute approximate surface area is 170 Å². The number of halogens is 1. The van der Waals surface area contributed by atoms with E-state index in [1.807, 2.05) is 18.2 Å². The smallest absolute Gasteiger partial charge is 0.240 e. The lowest BCUT2D eigenvalue weighted by molar-refractivity contribution is -0.133. The Morgan fingerprint density at radius 1 is 1.10 bits per heavy atom. The molecule has 6 heteroatoms. The van der Waals surface area contributed by atoms with Crippen molar-refractivity contribution in [1.82, 2.24) is 9.80 Å². The van der Waals surface area contributed by atoms with E-state index >= 15 is 0 Å². The van der Waals surface area contributed by atoms with Gasteiger partial charge >= 0.3 is 0 Å². The Bertz CT molecular complexity index is 886. The maximum Gasteiger partial charge on any atom is 0.240 e. The summed E-state index contributed by atoms with van der Waals surface area (Å²) in [5.41, 5.74) is 2.41. The number of aliphatic hydroxyl groups excluding tert-OH is 1. The summed E-state index contributed by atoms with van der Waals surface area (Å²) < 4.78 is 13.8. The van der Waals surface area contributed by atoms with Crippen LogP contribution in [-0.2, 0) is 11.3 Å². The molecule has 2 N–H and O–H groups in total. The Hall–Kier alpha value is -2.44. The number of rotatable bonds is 4. The minimum absolute atomic E-state index is 0.00925. The number of nitrogens with zero attached hydrogens (tertiary/aromatic N) is 2. The third-order valence-corrected chi connectivity index (χ3v) is 6.25. The molecule has 1 amide bonds. The molecular formula is C23H27FN2O3. The molecule has 2 heterocycles. The van der Waals surface area contributed by atoms with Crippen LogP contribution in [0, 0.1) is 12.7 Å². The predicted molar refractivity (Wildman–Crippen MR) is 108 cm³/mol. The van der Waals surface area contributed by atoms with E-state index in [9.17, 15) is 19.4 Å². The van der Waals surface area contributed by atoms with Crippen LogP contribution in [0.4, 0.5) is 4.39 Å². The SMILES string of the molecule is Cc1ccc(CN2CCC(N3CCC(c4ccc(O)cc4)C(O)C3)C2=O)cc1F. The van der Waals surface area contributed by atoms with Crippen LogP contribution < -0.4 is 0 Å². The lowest BCUT2D eigenvalue weighted by atomic mass is 9.86. The average molecular weight is 398 g/mol. The molecule has 2 aliphatic heterocycles. The summed E-state index contributed by atoms with van der Waals surface area (Å²) in [5.74, 6) is 0.0344. The second kappa shape index (κ2) is 8.13. The number of phenolic OH excluding ortho intramolecular Hbond substituents is 1. The first-order chi connectivity index (χ1) is 13.9. The van der Waals surface area contributed by atoms with Crippen molar-refractivity contribution >= 4 is 5.91 Å². The van der Waals surface area contributed by atoms with Crippen molar-refractivity contribution in [2.24, 2.45) is 0 Å². The molecule has 3 unspecified atom stereocenters. The molecule has 0 aliphatic carbocycles. The zero-order chi connectivity index (χ0) is 20.5. The minimum Gasteiger partial charge on any atom is -0.508 e. The van der Waals surface area contributed by atoms with Gasteiger partial charge in [-0.1, -0.05) is 24.3 Å². The third kappa shape index (κ3) is 4.14. The van der Waals surface area contributed by atoms with Crippen LogP contribution in [0.25, 0.3) is 0 Å². The van der Waals surface area contributed by atoms with Gasteiger partial charge in [0.25, 0.3) is 0 Å². The van der Waals surface area contributed by atoms with E-state index in [2.05, 4.69) is 4.90 Å². The Morgan fingerprint density at radius 3 is 2.55 bits per heavy atom. The van der Waals surface area contributed by atoms with Crippen molar-refractivity contribution < 1.29 is 19.4 Å². The van der Waals surface area contributed by atoms with Gasteiger partial charge in [-0.05, 0) is 61.2 Å². The second-order valence-electron chi connectivity index (χ2n) is 8.20. The average Bonchev–Trinajstić information content (AvgIpc) is 3.06. The summed E-state index contributed by atoms with van der Waals surface area (Å²) >= 11 is 0. The number of carbonyl (C=O) groups excluding carboxylic acids is 1. The van der Waals surface area contributed by atoms with Gasteiger partial charge in [-0.2, -0.15) is 0 Å². The highest BCUT2D eigenvalue weighted by atomic mass is 19.1. The van der Waals surface area contributed by atoms with E-state index in [-0.39, 0.29) is 29.4 Å². The van der Waals surface area contributed by atoms with Gasteiger partial charge in [-0.25, -0.2) is 4.39 Å². The van der Waals surface area contributed by atoms with Gasteiger partial charge in [0.05, 0.1) is 12.1 Å². The Morgan fingerprint density at radius 2 is 1.86 bits per heavy atom. The van der Waals surface area contributed by atoms with Gasteiger partial charge in [0.1, 0.15) is 11.6 Å². The fourth-order valence-corrected chi connectivity index (χ4v) is 4.52. The lowest BCUT2D eigenvalue weighted by Crippen LogP contribution is -2.50. The molecule has 0 saturated carbocycles. The van der Waals surface area contributed by atoms with Crippen molar-refractivity contribution in [3.05, 3.63) is 65.0 Å². The van der Waals surface area contributed by atoms with Crippen LogP contribution in [0.1, 0.15) is 35.4 Å². The van der Waals surface area contributed by atoms with E-state index in [4.69, 9.17) is 0 Å². The first kappa shape index (κ1) is 19.9. The number of benzene rings is 2. The first-order valence-corrected chi connectivity index (χ1v) is 10.2. The summed E-state index contributed by atoms with van der Waals surface area (Å²) in [6.45, 7) is 3.98. The van der Waals surface area contributed by atoms with Crippen LogP contribution in [-0.4, -0.2) is 57.7 Å². The second-order valence-corrected chi connectivity index (χ2v) is 8.20. The molecule has 0 bridgehead atoms. The molecule has 154 valence electrons. The molecule has 0 aromatic heterocycles.